The van der Waals surface area contributed by atoms with Crippen molar-refractivity contribution in [1.29, 1.82) is 0 Å². The Morgan fingerprint density at radius 2 is 2.11 bits per heavy atom. The van der Waals surface area contributed by atoms with Crippen molar-refractivity contribution in [1.82, 2.24) is 4.98 Å². The first-order valence-electron chi connectivity index (χ1n) is 5.90. The third-order valence-electron chi connectivity index (χ3n) is 3.26. The fraction of sp³-hybridized carbons (Fsp3) is 0.500. The van der Waals surface area contributed by atoms with Crippen molar-refractivity contribution in [3.8, 4) is 0 Å². The Balaban J connectivity index is 2.06. The summed E-state index contributed by atoms with van der Waals surface area (Å²) in [5, 5.41) is 11.9. The second kappa shape index (κ2) is 5.07. The Hall–Kier alpha value is -1.79. The molecule has 1 aliphatic rings. The third-order valence-corrected chi connectivity index (χ3v) is 3.26. The second-order valence-corrected chi connectivity index (χ2v) is 4.56. The third kappa shape index (κ3) is 3.15. The maximum absolute atomic E-state index is 12.4. The Bertz CT molecular complexity index is 459. The summed E-state index contributed by atoms with van der Waals surface area (Å²) < 4.78 is 37.1. The van der Waals surface area contributed by atoms with E-state index >= 15 is 0 Å². The first-order valence-corrected chi connectivity index (χ1v) is 5.90. The highest BCUT2D eigenvalue weighted by molar-refractivity contribution is 5.72. The summed E-state index contributed by atoms with van der Waals surface area (Å²) in [6.45, 7) is 0. The highest BCUT2D eigenvalue weighted by Crippen LogP contribution is 2.31. The summed E-state index contributed by atoms with van der Waals surface area (Å²) in [6.07, 6.45) is -1.63. The number of hydrogen-bond donors (Lipinski definition) is 2. The quantitative estimate of drug-likeness (QED) is 0.889. The van der Waals surface area contributed by atoms with Gasteiger partial charge in [-0.15, -0.1) is 0 Å². The van der Waals surface area contributed by atoms with Crippen LogP contribution in [0.1, 0.15) is 24.8 Å². The largest absolute Gasteiger partial charge is 0.481 e. The first-order chi connectivity index (χ1) is 8.88. The van der Waals surface area contributed by atoms with E-state index in [-0.39, 0.29) is 11.9 Å². The lowest BCUT2D eigenvalue weighted by molar-refractivity contribution is -0.141. The van der Waals surface area contributed by atoms with Gasteiger partial charge >= 0.3 is 12.1 Å². The van der Waals surface area contributed by atoms with Crippen molar-refractivity contribution >= 4 is 11.8 Å². The molecule has 7 heteroatoms. The van der Waals surface area contributed by atoms with Crippen LogP contribution in [0.25, 0.3) is 0 Å². The number of pyridine rings is 1. The summed E-state index contributed by atoms with van der Waals surface area (Å²) in [7, 11) is 0. The number of carbonyl (C=O) groups is 1. The molecule has 0 spiro atoms. The molecule has 1 aromatic heterocycles. The SMILES string of the molecule is O=C(O)C1CCCC1Nc1ccc(C(F)(F)F)cn1. The Labute approximate surface area is 107 Å². The number of halogens is 3. The van der Waals surface area contributed by atoms with E-state index in [1.54, 1.807) is 0 Å². The average Bonchev–Trinajstić information content (AvgIpc) is 2.77. The molecule has 0 amide bonds. The van der Waals surface area contributed by atoms with Crippen molar-refractivity contribution in [2.45, 2.75) is 31.5 Å². The lowest BCUT2D eigenvalue weighted by atomic mass is 10.0. The van der Waals surface area contributed by atoms with Gasteiger partial charge in [0.25, 0.3) is 0 Å². The number of carboxylic acid groups (broad SMARTS) is 1. The number of rotatable bonds is 3. The number of nitrogens with zero attached hydrogens (tertiary/aromatic N) is 1. The molecule has 104 valence electrons. The van der Waals surface area contributed by atoms with Gasteiger partial charge in [-0.05, 0) is 25.0 Å². The molecule has 2 atom stereocenters. The minimum Gasteiger partial charge on any atom is -0.481 e. The van der Waals surface area contributed by atoms with Gasteiger partial charge in [0.1, 0.15) is 5.82 Å². The van der Waals surface area contributed by atoms with E-state index in [9.17, 15) is 18.0 Å². The number of hydrogen-bond acceptors (Lipinski definition) is 3. The van der Waals surface area contributed by atoms with Crippen LogP contribution in [0.15, 0.2) is 18.3 Å². The molecule has 2 unspecified atom stereocenters. The van der Waals surface area contributed by atoms with Gasteiger partial charge in [0.05, 0.1) is 11.5 Å². The van der Waals surface area contributed by atoms with Crippen LogP contribution in [0.4, 0.5) is 19.0 Å². The molecular formula is C12H13F3N2O2. The Morgan fingerprint density at radius 3 is 2.63 bits per heavy atom. The summed E-state index contributed by atoms with van der Waals surface area (Å²) in [6, 6.07) is 1.88. The molecule has 4 nitrogen and oxygen atoms in total. The normalized spacial score (nSPS) is 23.3. The smallest absolute Gasteiger partial charge is 0.417 e. The monoisotopic (exact) mass is 274 g/mol. The van der Waals surface area contributed by atoms with E-state index in [4.69, 9.17) is 5.11 Å². The van der Waals surface area contributed by atoms with Gasteiger partial charge in [-0.3, -0.25) is 4.79 Å². The Kier molecular flexibility index (Phi) is 3.64. The highest BCUT2D eigenvalue weighted by Gasteiger charge is 2.34. The van der Waals surface area contributed by atoms with Gasteiger partial charge in [-0.25, -0.2) is 4.98 Å². The number of aliphatic carboxylic acids is 1. The zero-order valence-corrected chi connectivity index (χ0v) is 9.94. The van der Waals surface area contributed by atoms with Gasteiger partial charge in [0.15, 0.2) is 0 Å². The molecule has 1 aromatic rings. The summed E-state index contributed by atoms with van der Waals surface area (Å²) in [5.74, 6) is -1.13. The van der Waals surface area contributed by atoms with Gasteiger partial charge < -0.3 is 10.4 Å². The van der Waals surface area contributed by atoms with Crippen LogP contribution in [0, 0.1) is 5.92 Å². The minimum absolute atomic E-state index is 0.270. The van der Waals surface area contributed by atoms with Gasteiger partial charge in [0.2, 0.25) is 0 Å². The molecular weight excluding hydrogens is 261 g/mol. The van der Waals surface area contributed by atoms with Crippen LogP contribution in [-0.2, 0) is 11.0 Å². The average molecular weight is 274 g/mol. The maximum atomic E-state index is 12.4. The zero-order chi connectivity index (χ0) is 14.0. The van der Waals surface area contributed by atoms with E-state index in [0.717, 1.165) is 18.7 Å². The predicted molar refractivity (Wildman–Crippen MR) is 61.6 cm³/mol. The topological polar surface area (TPSA) is 62.2 Å². The van der Waals surface area contributed by atoms with Crippen molar-refractivity contribution in [3.05, 3.63) is 23.9 Å². The van der Waals surface area contributed by atoms with E-state index in [2.05, 4.69) is 10.3 Å². The highest BCUT2D eigenvalue weighted by atomic mass is 19.4. The molecule has 1 saturated carbocycles. The molecule has 0 aromatic carbocycles. The minimum atomic E-state index is -4.41. The van der Waals surface area contributed by atoms with E-state index < -0.39 is 23.6 Å². The number of nitrogens with one attached hydrogen (secondary N) is 1. The van der Waals surface area contributed by atoms with E-state index in [0.29, 0.717) is 12.8 Å². The molecule has 0 bridgehead atoms. The van der Waals surface area contributed by atoms with Crippen LogP contribution < -0.4 is 5.32 Å². The maximum Gasteiger partial charge on any atom is 0.417 e. The van der Waals surface area contributed by atoms with Crippen molar-refractivity contribution in [2.24, 2.45) is 5.92 Å². The van der Waals surface area contributed by atoms with Crippen LogP contribution >= 0.6 is 0 Å². The van der Waals surface area contributed by atoms with Crippen LogP contribution in [0.5, 0.6) is 0 Å². The summed E-state index contributed by atoms with van der Waals surface area (Å²) in [4.78, 5) is 14.7. The molecule has 0 aliphatic heterocycles. The lowest BCUT2D eigenvalue weighted by Gasteiger charge is -2.18. The molecule has 0 radical (unpaired) electrons. The molecule has 1 heterocycles. The van der Waals surface area contributed by atoms with Crippen LogP contribution in [0.2, 0.25) is 0 Å². The molecule has 2 rings (SSSR count). The molecule has 1 fully saturated rings. The number of aromatic nitrogens is 1. The zero-order valence-electron chi connectivity index (χ0n) is 9.94. The Morgan fingerprint density at radius 1 is 1.37 bits per heavy atom. The number of carboxylic acids is 1. The van der Waals surface area contributed by atoms with Gasteiger partial charge in [-0.1, -0.05) is 6.42 Å². The molecule has 0 saturated heterocycles. The lowest BCUT2D eigenvalue weighted by Crippen LogP contribution is -2.30. The fourth-order valence-corrected chi connectivity index (χ4v) is 2.27. The predicted octanol–water partition coefficient (Wildman–Crippen LogP) is 2.77. The van der Waals surface area contributed by atoms with E-state index in [1.807, 2.05) is 0 Å². The second-order valence-electron chi connectivity index (χ2n) is 4.56. The molecule has 2 N–H and O–H groups in total. The van der Waals surface area contributed by atoms with Crippen molar-refractivity contribution < 1.29 is 23.1 Å². The standard InChI is InChI=1S/C12H13F3N2O2/c13-12(14,15)7-4-5-10(16-6-7)17-9-3-1-2-8(9)11(18)19/h4-6,8-9H,1-3H2,(H,16,17)(H,18,19). The molecule has 1 aliphatic carbocycles. The summed E-state index contributed by atoms with van der Waals surface area (Å²) >= 11 is 0. The summed E-state index contributed by atoms with van der Waals surface area (Å²) in [5.41, 5.74) is -0.820. The van der Waals surface area contributed by atoms with Crippen molar-refractivity contribution in [3.63, 3.8) is 0 Å². The number of alkyl halides is 3. The van der Waals surface area contributed by atoms with Crippen molar-refractivity contribution in [2.75, 3.05) is 5.32 Å². The van der Waals surface area contributed by atoms with Crippen LogP contribution in [0.3, 0.4) is 0 Å². The fourth-order valence-electron chi connectivity index (χ4n) is 2.27. The van der Waals surface area contributed by atoms with Crippen LogP contribution in [-0.4, -0.2) is 22.1 Å². The van der Waals surface area contributed by atoms with Gasteiger partial charge in [0, 0.05) is 12.2 Å². The van der Waals surface area contributed by atoms with E-state index in [1.165, 1.54) is 6.07 Å². The van der Waals surface area contributed by atoms with Gasteiger partial charge in [-0.2, -0.15) is 13.2 Å². The number of anilines is 1. The molecule has 19 heavy (non-hydrogen) atoms. The first kappa shape index (κ1) is 13.6.